The van der Waals surface area contributed by atoms with Gasteiger partial charge in [-0.15, -0.1) is 0 Å². The molecule has 0 bridgehead atoms. The second-order valence-electron chi connectivity index (χ2n) is 2.83. The van der Waals surface area contributed by atoms with Crippen molar-refractivity contribution >= 4 is 22.6 Å². The maximum absolute atomic E-state index is 4.32. The van der Waals surface area contributed by atoms with E-state index in [4.69, 9.17) is 0 Å². The summed E-state index contributed by atoms with van der Waals surface area (Å²) in [5, 5.41) is 4.70. The fourth-order valence-corrected chi connectivity index (χ4v) is 1.89. The Bertz CT molecular complexity index is 311. The van der Waals surface area contributed by atoms with E-state index in [2.05, 4.69) is 27.2 Å². The van der Waals surface area contributed by atoms with E-state index >= 15 is 0 Å². The van der Waals surface area contributed by atoms with E-state index < -0.39 is 0 Å². The molecule has 0 aliphatic carbocycles. The van der Waals surface area contributed by atoms with Gasteiger partial charge in [-0.2, -0.15) is 0 Å². The second kappa shape index (κ2) is 3.74. The molecule has 1 atom stereocenters. The predicted molar refractivity (Wildman–Crippen MR) is 55.0 cm³/mol. The minimum absolute atomic E-state index is 0.576. The zero-order valence-corrected chi connectivity index (χ0v) is 8.08. The van der Waals surface area contributed by atoms with Crippen LogP contribution in [0.3, 0.4) is 0 Å². The lowest BCUT2D eigenvalue weighted by molar-refractivity contribution is 0.976. The van der Waals surface area contributed by atoms with Crippen LogP contribution in [0.2, 0.25) is 0 Å². The predicted octanol–water partition coefficient (Wildman–Crippen LogP) is 1.38. The van der Waals surface area contributed by atoms with Gasteiger partial charge in [0.15, 0.2) is 5.17 Å². The van der Waals surface area contributed by atoms with Gasteiger partial charge in [0.25, 0.3) is 0 Å². The average molecular weight is 194 g/mol. The summed E-state index contributed by atoms with van der Waals surface area (Å²) in [4.78, 5) is 12.1. The molecule has 68 valence electrons. The number of rotatable bonds is 1. The molecule has 0 fully saturated rings. The van der Waals surface area contributed by atoms with E-state index in [1.165, 1.54) is 6.33 Å². The van der Waals surface area contributed by atoms with Gasteiger partial charge in [0, 0.05) is 5.25 Å². The van der Waals surface area contributed by atoms with Gasteiger partial charge in [-0.25, -0.2) is 9.97 Å². The van der Waals surface area contributed by atoms with E-state index in [1.807, 2.05) is 0 Å². The van der Waals surface area contributed by atoms with Crippen LogP contribution in [0.25, 0.3) is 0 Å². The summed E-state index contributed by atoms with van der Waals surface area (Å²) in [6.45, 7) is 3.05. The third-order valence-electron chi connectivity index (χ3n) is 1.62. The van der Waals surface area contributed by atoms with E-state index in [-0.39, 0.29) is 0 Å². The Morgan fingerprint density at radius 2 is 2.23 bits per heavy atom. The average Bonchev–Trinajstić information content (AvgIpc) is 2.53. The van der Waals surface area contributed by atoms with Crippen molar-refractivity contribution in [3.8, 4) is 0 Å². The first-order valence-corrected chi connectivity index (χ1v) is 4.96. The van der Waals surface area contributed by atoms with Crippen LogP contribution in [-0.2, 0) is 0 Å². The summed E-state index contributed by atoms with van der Waals surface area (Å²) in [5.74, 6) is 0. The molecular formula is C8H10N4S. The molecule has 13 heavy (non-hydrogen) atoms. The first-order valence-electron chi connectivity index (χ1n) is 4.08. The molecule has 0 saturated carbocycles. The summed E-state index contributed by atoms with van der Waals surface area (Å²) in [7, 11) is 0. The maximum Gasteiger partial charge on any atom is 0.161 e. The molecule has 1 unspecified atom stereocenters. The molecular weight excluding hydrogens is 184 g/mol. The van der Waals surface area contributed by atoms with Gasteiger partial charge in [0.2, 0.25) is 0 Å². The van der Waals surface area contributed by atoms with Crippen molar-refractivity contribution in [1.29, 1.82) is 0 Å². The Hall–Kier alpha value is -1.10. The van der Waals surface area contributed by atoms with Crippen LogP contribution in [0, 0.1) is 0 Å². The largest absolute Gasteiger partial charge is 0.332 e. The molecule has 0 aromatic carbocycles. The van der Waals surface area contributed by atoms with Gasteiger partial charge in [-0.1, -0.05) is 18.7 Å². The standard InChI is InChI=1S/C8H10N4S/c1-6-2-11-8(13-6)12-7-3-9-5-10-4-7/h3-6H,2H2,1H3,(H,11,12). The number of anilines is 1. The minimum atomic E-state index is 0.576. The molecule has 0 saturated heterocycles. The summed E-state index contributed by atoms with van der Waals surface area (Å²) in [5.41, 5.74) is 0.892. The quantitative estimate of drug-likeness (QED) is 0.733. The number of aromatic nitrogens is 2. The summed E-state index contributed by atoms with van der Waals surface area (Å²) in [6, 6.07) is 0. The van der Waals surface area contributed by atoms with Crippen LogP contribution in [0.1, 0.15) is 6.92 Å². The maximum atomic E-state index is 4.32. The van der Waals surface area contributed by atoms with Crippen LogP contribution >= 0.6 is 11.8 Å². The smallest absolute Gasteiger partial charge is 0.161 e. The summed E-state index contributed by atoms with van der Waals surface area (Å²) < 4.78 is 0. The molecule has 1 aliphatic rings. The topological polar surface area (TPSA) is 50.2 Å². The Labute approximate surface area is 80.9 Å². The van der Waals surface area contributed by atoms with Crippen LogP contribution < -0.4 is 5.32 Å². The van der Waals surface area contributed by atoms with Gasteiger partial charge in [0.05, 0.1) is 24.6 Å². The second-order valence-corrected chi connectivity index (χ2v) is 4.25. The lowest BCUT2D eigenvalue weighted by Crippen LogP contribution is -2.06. The van der Waals surface area contributed by atoms with Crippen molar-refractivity contribution in [3.05, 3.63) is 18.7 Å². The first kappa shape index (κ1) is 8.50. The Morgan fingerprint density at radius 3 is 2.85 bits per heavy atom. The number of aliphatic imine (C=N–C) groups is 1. The summed E-state index contributed by atoms with van der Waals surface area (Å²) >= 11 is 1.74. The van der Waals surface area contributed by atoms with Crippen LogP contribution in [0.15, 0.2) is 23.7 Å². The molecule has 1 aromatic rings. The normalized spacial score (nSPS) is 21.3. The highest BCUT2D eigenvalue weighted by molar-refractivity contribution is 8.15. The molecule has 4 nitrogen and oxygen atoms in total. The van der Waals surface area contributed by atoms with Crippen LogP contribution in [0.5, 0.6) is 0 Å². The lowest BCUT2D eigenvalue weighted by Gasteiger charge is -2.03. The Kier molecular flexibility index (Phi) is 2.44. The van der Waals surface area contributed by atoms with Gasteiger partial charge >= 0.3 is 0 Å². The van der Waals surface area contributed by atoms with Gasteiger partial charge in [0.1, 0.15) is 6.33 Å². The molecule has 2 heterocycles. The minimum Gasteiger partial charge on any atom is -0.332 e. The highest BCUT2D eigenvalue weighted by Gasteiger charge is 2.14. The van der Waals surface area contributed by atoms with Crippen molar-refractivity contribution < 1.29 is 0 Å². The third-order valence-corrected chi connectivity index (χ3v) is 2.62. The number of nitrogens with zero attached hydrogens (tertiary/aromatic N) is 3. The van der Waals surface area contributed by atoms with Crippen LogP contribution in [-0.4, -0.2) is 26.9 Å². The van der Waals surface area contributed by atoms with Gasteiger partial charge in [-0.05, 0) is 0 Å². The van der Waals surface area contributed by atoms with Gasteiger partial charge in [-0.3, -0.25) is 4.99 Å². The van der Waals surface area contributed by atoms with E-state index in [0.717, 1.165) is 17.4 Å². The number of hydrogen-bond donors (Lipinski definition) is 1. The first-order chi connectivity index (χ1) is 6.34. The molecule has 5 heteroatoms. The molecule has 0 radical (unpaired) electrons. The van der Waals surface area contributed by atoms with E-state index in [0.29, 0.717) is 5.25 Å². The zero-order chi connectivity index (χ0) is 9.10. The highest BCUT2D eigenvalue weighted by Crippen LogP contribution is 2.21. The highest BCUT2D eigenvalue weighted by atomic mass is 32.2. The summed E-state index contributed by atoms with van der Waals surface area (Å²) in [6.07, 6.45) is 4.98. The number of thioether (sulfide) groups is 1. The molecule has 0 amide bonds. The molecule has 1 N–H and O–H groups in total. The van der Waals surface area contributed by atoms with E-state index in [1.54, 1.807) is 24.2 Å². The number of hydrogen-bond acceptors (Lipinski definition) is 5. The van der Waals surface area contributed by atoms with Crippen molar-refractivity contribution in [2.75, 3.05) is 11.9 Å². The fourth-order valence-electron chi connectivity index (χ4n) is 1.03. The number of amidine groups is 1. The van der Waals surface area contributed by atoms with Crippen molar-refractivity contribution in [1.82, 2.24) is 9.97 Å². The Morgan fingerprint density at radius 1 is 1.46 bits per heavy atom. The van der Waals surface area contributed by atoms with E-state index in [9.17, 15) is 0 Å². The van der Waals surface area contributed by atoms with Crippen LogP contribution in [0.4, 0.5) is 5.69 Å². The molecule has 1 aromatic heterocycles. The zero-order valence-electron chi connectivity index (χ0n) is 7.27. The molecule has 0 spiro atoms. The van der Waals surface area contributed by atoms with Crippen molar-refractivity contribution in [3.63, 3.8) is 0 Å². The molecule has 2 rings (SSSR count). The van der Waals surface area contributed by atoms with Crippen molar-refractivity contribution in [2.45, 2.75) is 12.2 Å². The SMILES string of the molecule is CC1CN=C(Nc2cncnc2)S1. The molecule has 1 aliphatic heterocycles. The monoisotopic (exact) mass is 194 g/mol. The third kappa shape index (κ3) is 2.18. The van der Waals surface area contributed by atoms with Crippen molar-refractivity contribution in [2.24, 2.45) is 4.99 Å². The Balaban J connectivity index is 2.00. The number of nitrogens with one attached hydrogen (secondary N) is 1. The fraction of sp³-hybridized carbons (Fsp3) is 0.375. The lowest BCUT2D eigenvalue weighted by atomic mass is 10.5. The van der Waals surface area contributed by atoms with Gasteiger partial charge < -0.3 is 5.32 Å².